The van der Waals surface area contributed by atoms with E-state index >= 15 is 0 Å². The number of nitrogens with one attached hydrogen (secondary N) is 1. The Hall–Kier alpha value is -0.770. The predicted octanol–water partition coefficient (Wildman–Crippen LogP) is 1.85. The number of amides is 1. The molecule has 0 aromatic heterocycles. The molecule has 0 radical (unpaired) electrons. The van der Waals surface area contributed by atoms with Crippen molar-refractivity contribution in [1.82, 2.24) is 10.2 Å². The van der Waals surface area contributed by atoms with E-state index in [9.17, 15) is 4.79 Å². The van der Waals surface area contributed by atoms with Gasteiger partial charge in [0.15, 0.2) is 0 Å². The average molecular weight is 240 g/mol. The lowest BCUT2D eigenvalue weighted by Crippen LogP contribution is -2.50. The van der Waals surface area contributed by atoms with Gasteiger partial charge in [-0.05, 0) is 58.5 Å². The lowest BCUT2D eigenvalue weighted by Gasteiger charge is -2.41. The maximum absolute atomic E-state index is 12.0. The minimum absolute atomic E-state index is 0.144. The summed E-state index contributed by atoms with van der Waals surface area (Å²) in [5.74, 6) is 1.42. The first-order valence-corrected chi connectivity index (χ1v) is 6.64. The van der Waals surface area contributed by atoms with Crippen LogP contribution in [0.5, 0.6) is 0 Å². The van der Waals surface area contributed by atoms with Crippen molar-refractivity contribution in [1.29, 1.82) is 0 Å². The van der Waals surface area contributed by atoms with Crippen LogP contribution >= 0.6 is 0 Å². The molecule has 0 saturated carbocycles. The lowest BCUT2D eigenvalue weighted by atomic mass is 9.81. The van der Waals surface area contributed by atoms with Crippen LogP contribution < -0.4 is 5.32 Å². The molecule has 2 aliphatic rings. The Labute approximate surface area is 104 Å². The van der Waals surface area contributed by atoms with E-state index in [1.54, 1.807) is 0 Å². The third kappa shape index (κ3) is 3.35. The fourth-order valence-electron chi connectivity index (χ4n) is 2.74. The first-order valence-electron chi connectivity index (χ1n) is 6.64. The Morgan fingerprint density at radius 1 is 1.29 bits per heavy atom. The smallest absolute Gasteiger partial charge is 0.410 e. The Kier molecular flexibility index (Phi) is 3.61. The van der Waals surface area contributed by atoms with Crippen LogP contribution in [0.15, 0.2) is 0 Å². The molecule has 0 aromatic rings. The Bertz CT molecular complexity index is 286. The van der Waals surface area contributed by atoms with Gasteiger partial charge >= 0.3 is 6.09 Å². The second kappa shape index (κ2) is 4.84. The summed E-state index contributed by atoms with van der Waals surface area (Å²) in [7, 11) is 0. The number of hydrogen-bond donors (Lipinski definition) is 1. The molecule has 17 heavy (non-hydrogen) atoms. The molecule has 2 heterocycles. The van der Waals surface area contributed by atoms with Gasteiger partial charge in [0.25, 0.3) is 0 Å². The highest BCUT2D eigenvalue weighted by Gasteiger charge is 2.34. The summed E-state index contributed by atoms with van der Waals surface area (Å²) in [6.45, 7) is 9.68. The minimum atomic E-state index is -0.387. The number of nitrogens with zero attached hydrogens (tertiary/aromatic N) is 1. The first-order chi connectivity index (χ1) is 7.96. The number of fused-ring (bicyclic) bond motifs is 1. The van der Waals surface area contributed by atoms with Gasteiger partial charge in [-0.15, -0.1) is 0 Å². The van der Waals surface area contributed by atoms with Gasteiger partial charge in [-0.2, -0.15) is 0 Å². The maximum Gasteiger partial charge on any atom is 0.410 e. The highest BCUT2D eigenvalue weighted by atomic mass is 16.6. The maximum atomic E-state index is 12.0. The number of carbonyl (C=O) groups excluding carboxylic acids is 1. The highest BCUT2D eigenvalue weighted by molar-refractivity contribution is 5.68. The summed E-state index contributed by atoms with van der Waals surface area (Å²) in [5, 5.41) is 3.43. The third-order valence-electron chi connectivity index (χ3n) is 3.64. The topological polar surface area (TPSA) is 41.6 Å². The van der Waals surface area contributed by atoms with Gasteiger partial charge in [-0.1, -0.05) is 0 Å². The molecule has 1 amide bonds. The fourth-order valence-corrected chi connectivity index (χ4v) is 2.74. The Morgan fingerprint density at radius 2 is 2.06 bits per heavy atom. The zero-order chi connectivity index (χ0) is 12.5. The van der Waals surface area contributed by atoms with Crippen molar-refractivity contribution in [2.45, 2.75) is 39.2 Å². The quantitative estimate of drug-likeness (QED) is 0.702. The molecule has 4 heteroatoms. The van der Waals surface area contributed by atoms with Crippen LogP contribution in [0.3, 0.4) is 0 Å². The van der Waals surface area contributed by atoms with E-state index < -0.39 is 0 Å². The predicted molar refractivity (Wildman–Crippen MR) is 66.9 cm³/mol. The molecule has 2 atom stereocenters. The molecule has 1 N–H and O–H groups in total. The third-order valence-corrected chi connectivity index (χ3v) is 3.64. The van der Waals surface area contributed by atoms with Crippen molar-refractivity contribution in [3.05, 3.63) is 0 Å². The molecule has 2 rings (SSSR count). The Balaban J connectivity index is 1.89. The number of carbonyl (C=O) groups is 1. The van der Waals surface area contributed by atoms with Crippen LogP contribution in [-0.4, -0.2) is 42.8 Å². The molecular weight excluding hydrogens is 216 g/mol. The standard InChI is InChI=1S/C13H24N2O2/c1-13(2,3)17-12(16)15-7-5-10-8-14-6-4-11(10)9-15/h10-11,14H,4-9H2,1-3H3. The van der Waals surface area contributed by atoms with Crippen molar-refractivity contribution < 1.29 is 9.53 Å². The number of likely N-dealkylation sites (tertiary alicyclic amines) is 1. The van der Waals surface area contributed by atoms with Gasteiger partial charge in [0.05, 0.1) is 0 Å². The molecule has 2 aliphatic heterocycles. The van der Waals surface area contributed by atoms with Gasteiger partial charge in [0.1, 0.15) is 5.60 Å². The second-order valence-electron chi connectivity index (χ2n) is 6.23. The van der Waals surface area contributed by atoms with Crippen LogP contribution in [0.2, 0.25) is 0 Å². The van der Waals surface area contributed by atoms with Gasteiger partial charge in [-0.25, -0.2) is 4.79 Å². The average Bonchev–Trinajstić information content (AvgIpc) is 2.26. The van der Waals surface area contributed by atoms with Gasteiger partial charge in [0, 0.05) is 13.1 Å². The normalized spacial score (nSPS) is 29.7. The van der Waals surface area contributed by atoms with Gasteiger partial charge in [0.2, 0.25) is 0 Å². The molecule has 2 saturated heterocycles. The number of piperidine rings is 2. The van der Waals surface area contributed by atoms with Gasteiger partial charge < -0.3 is 15.0 Å². The van der Waals surface area contributed by atoms with Crippen molar-refractivity contribution in [3.63, 3.8) is 0 Å². The summed E-state index contributed by atoms with van der Waals surface area (Å²) >= 11 is 0. The zero-order valence-corrected chi connectivity index (χ0v) is 11.2. The monoisotopic (exact) mass is 240 g/mol. The summed E-state index contributed by atoms with van der Waals surface area (Å²) < 4.78 is 5.43. The van der Waals surface area contributed by atoms with E-state index in [0.29, 0.717) is 5.92 Å². The van der Waals surface area contributed by atoms with Crippen LogP contribution in [0.25, 0.3) is 0 Å². The van der Waals surface area contributed by atoms with E-state index in [0.717, 1.165) is 38.5 Å². The fraction of sp³-hybridized carbons (Fsp3) is 0.923. The first kappa shape index (κ1) is 12.7. The van der Waals surface area contributed by atoms with Crippen LogP contribution in [-0.2, 0) is 4.74 Å². The summed E-state index contributed by atoms with van der Waals surface area (Å²) in [6.07, 6.45) is 2.15. The van der Waals surface area contributed by atoms with Crippen LogP contribution in [0.4, 0.5) is 4.79 Å². The molecule has 4 nitrogen and oxygen atoms in total. The van der Waals surface area contributed by atoms with E-state index in [4.69, 9.17) is 4.74 Å². The molecule has 0 spiro atoms. The van der Waals surface area contributed by atoms with Crippen molar-refractivity contribution in [2.24, 2.45) is 11.8 Å². The lowest BCUT2D eigenvalue weighted by molar-refractivity contribution is 0.00716. The molecule has 0 aromatic carbocycles. The molecular formula is C13H24N2O2. The molecule has 98 valence electrons. The van der Waals surface area contributed by atoms with Crippen molar-refractivity contribution >= 4 is 6.09 Å². The van der Waals surface area contributed by atoms with E-state index in [1.165, 1.54) is 6.42 Å². The van der Waals surface area contributed by atoms with E-state index in [1.807, 2.05) is 25.7 Å². The molecule has 2 fully saturated rings. The number of rotatable bonds is 0. The van der Waals surface area contributed by atoms with Crippen LogP contribution in [0, 0.1) is 11.8 Å². The number of ether oxygens (including phenoxy) is 1. The summed E-state index contributed by atoms with van der Waals surface area (Å²) in [4.78, 5) is 13.9. The molecule has 0 bridgehead atoms. The SMILES string of the molecule is CC(C)(C)OC(=O)N1CCC2CNCCC2C1. The van der Waals surface area contributed by atoms with Crippen molar-refractivity contribution in [2.75, 3.05) is 26.2 Å². The van der Waals surface area contributed by atoms with E-state index in [2.05, 4.69) is 5.32 Å². The second-order valence-corrected chi connectivity index (χ2v) is 6.23. The Morgan fingerprint density at radius 3 is 2.76 bits per heavy atom. The summed E-state index contributed by atoms with van der Waals surface area (Å²) in [5.41, 5.74) is -0.387. The summed E-state index contributed by atoms with van der Waals surface area (Å²) in [6, 6.07) is 0. The minimum Gasteiger partial charge on any atom is -0.444 e. The molecule has 2 unspecified atom stereocenters. The zero-order valence-electron chi connectivity index (χ0n) is 11.2. The van der Waals surface area contributed by atoms with Gasteiger partial charge in [-0.3, -0.25) is 0 Å². The molecule has 0 aliphatic carbocycles. The highest BCUT2D eigenvalue weighted by Crippen LogP contribution is 2.28. The largest absolute Gasteiger partial charge is 0.444 e. The van der Waals surface area contributed by atoms with E-state index in [-0.39, 0.29) is 11.7 Å². The number of hydrogen-bond acceptors (Lipinski definition) is 3. The van der Waals surface area contributed by atoms with Crippen molar-refractivity contribution in [3.8, 4) is 0 Å². The van der Waals surface area contributed by atoms with Crippen LogP contribution in [0.1, 0.15) is 33.6 Å².